The van der Waals surface area contributed by atoms with Gasteiger partial charge in [-0.15, -0.1) is 0 Å². The van der Waals surface area contributed by atoms with Gasteiger partial charge in [-0.2, -0.15) is 0 Å². The Morgan fingerprint density at radius 2 is 1.48 bits per heavy atom. The van der Waals surface area contributed by atoms with Crippen LogP contribution < -0.4 is 0 Å². The molecular weight excluding hydrogens is 613 g/mol. The van der Waals surface area contributed by atoms with E-state index in [9.17, 15) is 4.79 Å². The van der Waals surface area contributed by atoms with Crippen molar-refractivity contribution in [2.24, 2.45) is 46.3 Å². The quantitative estimate of drug-likeness (QED) is 0.0742. The summed E-state index contributed by atoms with van der Waals surface area (Å²) < 4.78 is 6.09. The van der Waals surface area contributed by atoms with Crippen molar-refractivity contribution in [3.63, 3.8) is 0 Å². The lowest BCUT2D eigenvalue weighted by Gasteiger charge is -2.58. The van der Waals surface area contributed by atoms with Gasteiger partial charge in [0.2, 0.25) is 0 Å². The number of ether oxygens (including phenoxy) is 1. The van der Waals surface area contributed by atoms with Crippen LogP contribution in [0.15, 0.2) is 60.3 Å². The smallest absolute Gasteiger partial charge is 0.306 e. The molecule has 0 saturated heterocycles. The fraction of sp³-hybridized carbons (Fsp3) is 0.766. The fourth-order valence-electron chi connectivity index (χ4n) is 11.0. The summed E-state index contributed by atoms with van der Waals surface area (Å²) >= 11 is 0. The molecule has 3 nitrogen and oxygen atoms in total. The van der Waals surface area contributed by atoms with Crippen LogP contribution in [0.3, 0.4) is 0 Å². The van der Waals surface area contributed by atoms with Gasteiger partial charge in [0, 0.05) is 19.4 Å². The molecule has 1 N–H and O–H groups in total. The molecule has 0 bridgehead atoms. The first-order chi connectivity index (χ1) is 24.2. The number of fused-ring (bicyclic) bond motifs is 5. The highest BCUT2D eigenvalue weighted by Gasteiger charge is 2.59. The van der Waals surface area contributed by atoms with Gasteiger partial charge in [-0.25, -0.2) is 0 Å². The second-order valence-corrected chi connectivity index (χ2v) is 17.7. The van der Waals surface area contributed by atoms with Crippen molar-refractivity contribution in [2.75, 3.05) is 6.61 Å². The molecule has 0 aromatic rings. The van der Waals surface area contributed by atoms with Gasteiger partial charge in [0.05, 0.1) is 0 Å². The van der Waals surface area contributed by atoms with Crippen molar-refractivity contribution < 1.29 is 14.6 Å². The number of carbonyl (C=O) groups excluding carboxylic acids is 1. The summed E-state index contributed by atoms with van der Waals surface area (Å²) in [6.07, 6.45) is 44.4. The van der Waals surface area contributed by atoms with E-state index in [4.69, 9.17) is 9.84 Å². The Morgan fingerprint density at radius 3 is 2.16 bits per heavy atom. The number of hydrogen-bond donors (Lipinski definition) is 1. The van der Waals surface area contributed by atoms with Crippen LogP contribution in [-0.2, 0) is 9.53 Å². The zero-order valence-corrected chi connectivity index (χ0v) is 33.1. The molecule has 3 fully saturated rings. The molecule has 3 heteroatoms. The van der Waals surface area contributed by atoms with Gasteiger partial charge >= 0.3 is 5.97 Å². The van der Waals surface area contributed by atoms with E-state index in [0.29, 0.717) is 23.9 Å². The van der Waals surface area contributed by atoms with Crippen molar-refractivity contribution in [1.82, 2.24) is 0 Å². The van der Waals surface area contributed by atoms with Crippen LogP contribution in [0.4, 0.5) is 0 Å². The second kappa shape index (κ2) is 21.0. The fourth-order valence-corrected chi connectivity index (χ4v) is 11.0. The third kappa shape index (κ3) is 11.6. The summed E-state index contributed by atoms with van der Waals surface area (Å²) in [6.45, 7) is 12.9. The first kappa shape index (κ1) is 40.9. The van der Waals surface area contributed by atoms with Gasteiger partial charge in [0.15, 0.2) is 0 Å². The predicted octanol–water partition coefficient (Wildman–Crippen LogP) is 13.1. The standard InChI is InChI=1S/C47H76O3/c1-37(2)24-23-25-38(3)42-29-30-43-41-28-27-39-36-40(31-33-46(39,4)44(41)32-34-47(42,43)5)50-45(49)26-21-19-17-15-13-11-9-7-6-8-10-12-14-16-18-20-22-35-48/h6,8-9,11-12,14-15,17,27,37-38,40-44,48H,7,10,13,16,18-26,28-36H2,1-5H3/b8-6-,11-9-,14-12-,17-15-/t38-,40+,41+,42-,43+,44+,46+,47-/m1/s1. The molecule has 0 aliphatic heterocycles. The molecule has 4 rings (SSSR count). The van der Waals surface area contributed by atoms with E-state index in [1.807, 2.05) is 0 Å². The highest BCUT2D eigenvalue weighted by atomic mass is 16.5. The Bertz CT molecular complexity index is 1160. The van der Waals surface area contributed by atoms with E-state index in [2.05, 4.69) is 89.3 Å². The molecule has 0 amide bonds. The maximum absolute atomic E-state index is 12.8. The molecule has 4 aliphatic carbocycles. The number of esters is 1. The molecule has 0 aromatic carbocycles. The Morgan fingerprint density at radius 1 is 0.800 bits per heavy atom. The van der Waals surface area contributed by atoms with Crippen molar-refractivity contribution in [1.29, 1.82) is 0 Å². The highest BCUT2D eigenvalue weighted by Crippen LogP contribution is 2.67. The number of allylic oxidation sites excluding steroid dienone is 9. The van der Waals surface area contributed by atoms with Crippen molar-refractivity contribution >= 4 is 5.97 Å². The van der Waals surface area contributed by atoms with Gasteiger partial charge in [-0.05, 0) is 143 Å². The number of unbranched alkanes of at least 4 members (excludes halogenated alkanes) is 4. The first-order valence-corrected chi connectivity index (χ1v) is 21.3. The Balaban J connectivity index is 1.11. The third-order valence-corrected chi connectivity index (χ3v) is 13.8. The lowest BCUT2D eigenvalue weighted by atomic mass is 9.47. The number of rotatable bonds is 21. The van der Waals surface area contributed by atoms with Crippen LogP contribution in [-0.4, -0.2) is 23.8 Å². The van der Waals surface area contributed by atoms with Crippen molar-refractivity contribution in [3.8, 4) is 0 Å². The van der Waals surface area contributed by atoms with Gasteiger partial charge in [0.1, 0.15) is 6.10 Å². The summed E-state index contributed by atoms with van der Waals surface area (Å²) in [4.78, 5) is 12.8. The lowest BCUT2D eigenvalue weighted by Crippen LogP contribution is -2.51. The Labute approximate surface area is 308 Å². The predicted molar refractivity (Wildman–Crippen MR) is 213 cm³/mol. The molecule has 282 valence electrons. The van der Waals surface area contributed by atoms with E-state index in [1.165, 1.54) is 64.2 Å². The molecule has 0 unspecified atom stereocenters. The molecule has 0 aromatic heterocycles. The maximum atomic E-state index is 12.8. The van der Waals surface area contributed by atoms with Crippen LogP contribution in [0, 0.1) is 46.3 Å². The maximum Gasteiger partial charge on any atom is 0.306 e. The zero-order valence-electron chi connectivity index (χ0n) is 33.1. The Hall–Kier alpha value is -1.87. The van der Waals surface area contributed by atoms with E-state index in [1.54, 1.807) is 5.57 Å². The molecule has 8 atom stereocenters. The van der Waals surface area contributed by atoms with E-state index < -0.39 is 0 Å². The van der Waals surface area contributed by atoms with Gasteiger partial charge in [-0.3, -0.25) is 4.79 Å². The summed E-state index contributed by atoms with van der Waals surface area (Å²) in [7, 11) is 0. The monoisotopic (exact) mass is 689 g/mol. The van der Waals surface area contributed by atoms with Gasteiger partial charge in [-0.1, -0.05) is 121 Å². The summed E-state index contributed by atoms with van der Waals surface area (Å²) in [5.74, 6) is 5.17. The highest BCUT2D eigenvalue weighted by molar-refractivity contribution is 5.69. The van der Waals surface area contributed by atoms with Crippen LogP contribution in [0.1, 0.15) is 169 Å². The van der Waals surface area contributed by atoms with Crippen LogP contribution in [0.5, 0.6) is 0 Å². The van der Waals surface area contributed by atoms with Crippen LogP contribution in [0.2, 0.25) is 0 Å². The number of hydrogen-bond acceptors (Lipinski definition) is 3. The normalized spacial score (nSPS) is 31.8. The van der Waals surface area contributed by atoms with E-state index >= 15 is 0 Å². The van der Waals surface area contributed by atoms with Crippen molar-refractivity contribution in [3.05, 3.63) is 60.3 Å². The average molecular weight is 689 g/mol. The molecule has 50 heavy (non-hydrogen) atoms. The molecule has 0 spiro atoms. The summed E-state index contributed by atoms with van der Waals surface area (Å²) in [6, 6.07) is 0. The molecule has 4 aliphatic rings. The van der Waals surface area contributed by atoms with E-state index in [0.717, 1.165) is 99.7 Å². The SMILES string of the molecule is CC(C)CCC[C@@H](C)[C@H]1CC[C@H]2[C@@H]3CC=C4C[C@@H](OC(=O)CCC/C=C\C/C=C\C/C=C\C/C=C\CCCCCO)CC[C@]4(C)[C@H]3CC[C@]12C. The van der Waals surface area contributed by atoms with Crippen LogP contribution in [0.25, 0.3) is 0 Å². The van der Waals surface area contributed by atoms with Gasteiger partial charge in [0.25, 0.3) is 0 Å². The average Bonchev–Trinajstić information content (AvgIpc) is 3.45. The number of carbonyl (C=O) groups is 1. The molecule has 3 saturated carbocycles. The van der Waals surface area contributed by atoms with E-state index in [-0.39, 0.29) is 12.1 Å². The molecular formula is C47H76O3. The number of aliphatic hydroxyl groups is 1. The van der Waals surface area contributed by atoms with Crippen molar-refractivity contribution in [2.45, 2.75) is 176 Å². The minimum Gasteiger partial charge on any atom is -0.462 e. The first-order valence-electron chi connectivity index (χ1n) is 21.3. The zero-order chi connectivity index (χ0) is 35.8. The van der Waals surface area contributed by atoms with Gasteiger partial charge < -0.3 is 9.84 Å². The third-order valence-electron chi connectivity index (χ3n) is 13.8. The molecule has 0 radical (unpaired) electrons. The Kier molecular flexibility index (Phi) is 17.2. The summed E-state index contributed by atoms with van der Waals surface area (Å²) in [5, 5.41) is 8.80. The lowest BCUT2D eigenvalue weighted by molar-refractivity contribution is -0.151. The minimum atomic E-state index is -0.00235. The largest absolute Gasteiger partial charge is 0.462 e. The minimum absolute atomic E-state index is 0.00235. The van der Waals surface area contributed by atoms with Crippen LogP contribution >= 0.6 is 0 Å². The number of aliphatic hydroxyl groups excluding tert-OH is 1. The summed E-state index contributed by atoms with van der Waals surface area (Å²) in [5.41, 5.74) is 2.46. The topological polar surface area (TPSA) is 46.5 Å². The second-order valence-electron chi connectivity index (χ2n) is 17.7. The molecule has 0 heterocycles.